The molecule has 32 heavy (non-hydrogen) atoms. The van der Waals surface area contributed by atoms with Crippen LogP contribution in [-0.2, 0) is 9.47 Å². The average molecular weight is 423 g/mol. The first-order valence-corrected chi connectivity index (χ1v) is 10.4. The number of rotatable bonds is 4. The van der Waals surface area contributed by atoms with Crippen LogP contribution in [0.1, 0.15) is 27.4 Å². The van der Waals surface area contributed by atoms with E-state index < -0.39 is 12.1 Å². The highest BCUT2D eigenvalue weighted by Crippen LogP contribution is 2.44. The number of nitrogens with one attached hydrogen (secondary N) is 1. The molecule has 0 aromatic heterocycles. The van der Waals surface area contributed by atoms with E-state index in [1.165, 1.54) is 18.2 Å². The van der Waals surface area contributed by atoms with Gasteiger partial charge >= 0.3 is 12.1 Å². The molecule has 1 aliphatic rings. The molecule has 4 aromatic carbocycles. The van der Waals surface area contributed by atoms with Crippen LogP contribution in [0, 0.1) is 0 Å². The lowest BCUT2D eigenvalue weighted by molar-refractivity contribution is 0.0602. The predicted molar refractivity (Wildman–Crippen MR) is 124 cm³/mol. The molecule has 0 aliphatic heterocycles. The number of benzene rings is 4. The Morgan fingerprint density at radius 1 is 0.812 bits per heavy atom. The lowest BCUT2D eigenvalue weighted by Gasteiger charge is -2.16. The van der Waals surface area contributed by atoms with E-state index in [0.717, 1.165) is 21.9 Å². The van der Waals surface area contributed by atoms with Crippen LogP contribution in [0.5, 0.6) is 0 Å². The molecule has 5 nitrogen and oxygen atoms in total. The number of hydrogen-bond acceptors (Lipinski definition) is 4. The van der Waals surface area contributed by atoms with E-state index in [9.17, 15) is 9.59 Å². The van der Waals surface area contributed by atoms with Gasteiger partial charge in [0, 0.05) is 5.92 Å². The van der Waals surface area contributed by atoms with Gasteiger partial charge in [0.05, 0.1) is 18.4 Å². The van der Waals surface area contributed by atoms with Crippen LogP contribution in [0.4, 0.5) is 10.5 Å². The lowest BCUT2D eigenvalue weighted by atomic mass is 9.98. The molecule has 1 N–H and O–H groups in total. The summed E-state index contributed by atoms with van der Waals surface area (Å²) in [4.78, 5) is 25.0. The van der Waals surface area contributed by atoms with E-state index in [-0.39, 0.29) is 18.1 Å². The van der Waals surface area contributed by atoms with Crippen molar-refractivity contribution in [2.75, 3.05) is 19.0 Å². The van der Waals surface area contributed by atoms with Crippen molar-refractivity contribution in [3.8, 4) is 11.1 Å². The van der Waals surface area contributed by atoms with Crippen LogP contribution in [0.25, 0.3) is 21.9 Å². The van der Waals surface area contributed by atoms with E-state index in [1.807, 2.05) is 48.5 Å². The van der Waals surface area contributed by atoms with Crippen LogP contribution >= 0.6 is 0 Å². The second kappa shape index (κ2) is 8.19. The molecule has 0 heterocycles. The van der Waals surface area contributed by atoms with Gasteiger partial charge < -0.3 is 9.47 Å². The average Bonchev–Trinajstić information content (AvgIpc) is 3.15. The minimum atomic E-state index is -0.618. The summed E-state index contributed by atoms with van der Waals surface area (Å²) in [6.45, 7) is 0.195. The Kier molecular flexibility index (Phi) is 5.07. The molecule has 1 amide bonds. The van der Waals surface area contributed by atoms with Crippen LogP contribution in [-0.4, -0.2) is 25.8 Å². The van der Waals surface area contributed by atoms with Crippen molar-refractivity contribution in [2.24, 2.45) is 0 Å². The Labute approximate surface area is 185 Å². The summed E-state index contributed by atoms with van der Waals surface area (Å²) in [5.41, 5.74) is 5.25. The highest BCUT2D eigenvalue weighted by Gasteiger charge is 2.29. The maximum Gasteiger partial charge on any atom is 0.411 e. The van der Waals surface area contributed by atoms with Crippen LogP contribution in [0.2, 0.25) is 0 Å². The molecule has 4 aromatic rings. The number of hydrogen-bond donors (Lipinski definition) is 1. The first-order chi connectivity index (χ1) is 15.7. The van der Waals surface area contributed by atoms with E-state index in [0.29, 0.717) is 5.69 Å². The fourth-order valence-electron chi connectivity index (χ4n) is 4.37. The number of methoxy groups -OCH3 is 1. The fourth-order valence-corrected chi connectivity index (χ4v) is 4.37. The highest BCUT2D eigenvalue weighted by molar-refractivity contribution is 6.04. The molecule has 5 heteroatoms. The standard InChI is InChI=1S/C27H21NO4/c1-31-26(29)23-14-17-8-2-3-9-18(17)15-25(23)28-27(30)32-16-24-21-12-6-4-10-19(21)20-11-5-7-13-22(20)24/h2-15,24H,16H2,1H3,(H,28,30). The minimum absolute atomic E-state index is 0.0372. The third-order valence-electron chi connectivity index (χ3n) is 5.87. The minimum Gasteiger partial charge on any atom is -0.465 e. The zero-order valence-electron chi connectivity index (χ0n) is 17.5. The Morgan fingerprint density at radius 2 is 1.38 bits per heavy atom. The molecule has 0 saturated heterocycles. The molecule has 0 radical (unpaired) electrons. The normalized spacial score (nSPS) is 12.2. The number of carbonyl (C=O) groups is 2. The van der Waals surface area contributed by atoms with Crippen molar-refractivity contribution in [1.82, 2.24) is 0 Å². The lowest BCUT2D eigenvalue weighted by Crippen LogP contribution is -2.19. The van der Waals surface area contributed by atoms with Gasteiger partial charge in [-0.05, 0) is 45.2 Å². The Bertz CT molecular complexity index is 1300. The number of carbonyl (C=O) groups excluding carboxylic acids is 2. The number of anilines is 1. The third kappa shape index (κ3) is 3.48. The SMILES string of the molecule is COC(=O)c1cc2ccccc2cc1NC(=O)OCC1c2ccccc2-c2ccccc21. The second-order valence-corrected chi connectivity index (χ2v) is 7.69. The van der Waals surface area contributed by atoms with Gasteiger partial charge in [-0.1, -0.05) is 72.8 Å². The summed E-state index contributed by atoms with van der Waals surface area (Å²) in [7, 11) is 1.31. The number of ether oxygens (including phenoxy) is 2. The molecule has 0 saturated carbocycles. The third-order valence-corrected chi connectivity index (χ3v) is 5.87. The molecule has 158 valence electrons. The summed E-state index contributed by atoms with van der Waals surface area (Å²) < 4.78 is 10.5. The first-order valence-electron chi connectivity index (χ1n) is 10.4. The molecule has 0 unspecified atom stereocenters. The van der Waals surface area contributed by atoms with Gasteiger partial charge in [0.2, 0.25) is 0 Å². The summed E-state index contributed by atoms with van der Waals surface area (Å²) >= 11 is 0. The van der Waals surface area contributed by atoms with Gasteiger partial charge in [0.15, 0.2) is 0 Å². The van der Waals surface area contributed by atoms with Crippen molar-refractivity contribution < 1.29 is 19.1 Å². The quantitative estimate of drug-likeness (QED) is 0.410. The Morgan fingerprint density at radius 3 is 2.00 bits per heavy atom. The maximum atomic E-state index is 12.7. The van der Waals surface area contributed by atoms with Gasteiger partial charge in [0.1, 0.15) is 6.61 Å². The van der Waals surface area contributed by atoms with Gasteiger partial charge in [-0.25, -0.2) is 9.59 Å². The second-order valence-electron chi connectivity index (χ2n) is 7.69. The van der Waals surface area contributed by atoms with Gasteiger partial charge in [-0.2, -0.15) is 0 Å². The summed E-state index contributed by atoms with van der Waals surface area (Å²) in [6, 6.07) is 27.4. The van der Waals surface area contributed by atoms with Crippen molar-refractivity contribution in [3.05, 3.63) is 102 Å². The highest BCUT2D eigenvalue weighted by atomic mass is 16.5. The van der Waals surface area contributed by atoms with Gasteiger partial charge in [-0.3, -0.25) is 5.32 Å². The van der Waals surface area contributed by atoms with Gasteiger partial charge in [-0.15, -0.1) is 0 Å². The first kappa shape index (κ1) is 19.8. The Hall–Kier alpha value is -4.12. The van der Waals surface area contributed by atoms with Crippen molar-refractivity contribution in [1.29, 1.82) is 0 Å². The predicted octanol–water partition coefficient (Wildman–Crippen LogP) is 5.99. The largest absolute Gasteiger partial charge is 0.465 e. The van der Waals surface area contributed by atoms with E-state index in [1.54, 1.807) is 12.1 Å². The monoisotopic (exact) mass is 423 g/mol. The molecule has 0 bridgehead atoms. The number of fused-ring (bicyclic) bond motifs is 4. The van der Waals surface area contributed by atoms with E-state index in [4.69, 9.17) is 9.47 Å². The fraction of sp³-hybridized carbons (Fsp3) is 0.111. The zero-order valence-corrected chi connectivity index (χ0v) is 17.5. The smallest absolute Gasteiger partial charge is 0.411 e. The van der Waals surface area contributed by atoms with E-state index >= 15 is 0 Å². The summed E-state index contributed by atoms with van der Waals surface area (Å²) in [6.07, 6.45) is -0.618. The molecule has 5 rings (SSSR count). The van der Waals surface area contributed by atoms with Crippen molar-refractivity contribution in [3.63, 3.8) is 0 Å². The number of esters is 1. The van der Waals surface area contributed by atoms with Crippen molar-refractivity contribution in [2.45, 2.75) is 5.92 Å². The van der Waals surface area contributed by atoms with Crippen LogP contribution in [0.15, 0.2) is 84.9 Å². The topological polar surface area (TPSA) is 64.6 Å². The Balaban J connectivity index is 1.38. The van der Waals surface area contributed by atoms with Crippen molar-refractivity contribution >= 4 is 28.5 Å². The van der Waals surface area contributed by atoms with Crippen LogP contribution in [0.3, 0.4) is 0 Å². The molecular weight excluding hydrogens is 402 g/mol. The molecule has 0 spiro atoms. The number of amides is 1. The molecule has 0 fully saturated rings. The summed E-state index contributed by atoms with van der Waals surface area (Å²) in [5, 5.41) is 4.51. The molecule has 1 aliphatic carbocycles. The molecular formula is C27H21NO4. The zero-order chi connectivity index (χ0) is 22.1. The molecule has 0 atom stereocenters. The van der Waals surface area contributed by atoms with E-state index in [2.05, 4.69) is 29.6 Å². The maximum absolute atomic E-state index is 12.7. The summed E-state index contributed by atoms with van der Waals surface area (Å²) in [5.74, 6) is -0.561. The van der Waals surface area contributed by atoms with Crippen LogP contribution < -0.4 is 5.32 Å². The van der Waals surface area contributed by atoms with Gasteiger partial charge in [0.25, 0.3) is 0 Å².